The van der Waals surface area contributed by atoms with Crippen molar-refractivity contribution in [2.45, 2.75) is 41.7 Å². The van der Waals surface area contributed by atoms with E-state index in [1.807, 2.05) is 115 Å². The lowest BCUT2D eigenvalue weighted by Crippen LogP contribution is -2.71. The van der Waals surface area contributed by atoms with Crippen LogP contribution in [-0.4, -0.2) is 69.4 Å². The van der Waals surface area contributed by atoms with Gasteiger partial charge in [0.15, 0.2) is 10.8 Å². The number of rotatable bonds is 14. The number of benzene rings is 5. The largest absolute Gasteiger partial charge is 0.469 e. The van der Waals surface area contributed by atoms with Crippen LogP contribution in [0.25, 0.3) is 0 Å². The lowest BCUT2D eigenvalue weighted by Gasteiger charge is -2.52. The number of carbonyl (C=O) groups excluding carboxylic acids is 2. The summed E-state index contributed by atoms with van der Waals surface area (Å²) >= 11 is 9.13. The summed E-state index contributed by atoms with van der Waals surface area (Å²) in [6, 6.07) is 49.6. The Morgan fingerprint density at radius 1 is 0.857 bits per heavy atom. The van der Waals surface area contributed by atoms with Gasteiger partial charge in [0, 0.05) is 23.2 Å². The van der Waals surface area contributed by atoms with Crippen molar-refractivity contribution in [1.82, 2.24) is 15.2 Å². The van der Waals surface area contributed by atoms with E-state index in [4.69, 9.17) is 31.5 Å². The summed E-state index contributed by atoms with van der Waals surface area (Å²) in [5, 5.41) is 13.0. The average Bonchev–Trinajstić information content (AvgIpc) is 4.05. The maximum absolute atomic E-state index is 14.4. The maximum atomic E-state index is 14.4. The minimum atomic E-state index is -0.872. The number of hydrogen-bond acceptors (Lipinski definition) is 11. The van der Waals surface area contributed by atoms with Crippen molar-refractivity contribution in [2.24, 2.45) is 11.1 Å². The molecule has 6 aromatic rings. The van der Waals surface area contributed by atoms with Gasteiger partial charge in [-0.15, -0.1) is 23.1 Å². The van der Waals surface area contributed by atoms with Gasteiger partial charge >= 0.3 is 0 Å². The molecule has 4 atom stereocenters. The van der Waals surface area contributed by atoms with Crippen LogP contribution in [0, 0.1) is 5.92 Å². The van der Waals surface area contributed by atoms with Gasteiger partial charge in [0.1, 0.15) is 35.9 Å². The first-order chi connectivity index (χ1) is 30.9. The highest BCUT2D eigenvalue weighted by Gasteiger charge is 2.56. The number of thiazole rings is 1. The van der Waals surface area contributed by atoms with E-state index in [2.05, 4.69) is 59.1 Å². The molecule has 0 saturated carbocycles. The average molecular weight is 892 g/mol. The Morgan fingerprint density at radius 2 is 1.40 bits per heavy atom. The Balaban J connectivity index is 0.993. The molecule has 10 nitrogen and oxygen atoms in total. The summed E-state index contributed by atoms with van der Waals surface area (Å²) < 4.78 is 12.6. The number of carbonyl (C=O) groups is 2. The van der Waals surface area contributed by atoms with E-state index < -0.39 is 29.0 Å². The molecule has 3 unspecified atom stereocenters. The van der Waals surface area contributed by atoms with Crippen LogP contribution in [0.5, 0.6) is 0 Å². The van der Waals surface area contributed by atoms with Gasteiger partial charge in [-0.2, -0.15) is 0 Å². The van der Waals surface area contributed by atoms with Gasteiger partial charge in [-0.1, -0.05) is 157 Å². The molecule has 2 saturated heterocycles. The van der Waals surface area contributed by atoms with Crippen molar-refractivity contribution in [3.05, 3.63) is 202 Å². The van der Waals surface area contributed by atoms with Crippen LogP contribution in [0.1, 0.15) is 53.0 Å². The van der Waals surface area contributed by atoms with E-state index in [1.165, 1.54) is 18.4 Å². The molecule has 0 radical (unpaired) electrons. The van der Waals surface area contributed by atoms with Crippen molar-refractivity contribution in [2.75, 3.05) is 25.6 Å². The SMILES string of the molecule is CO/N=C(\C(=O)NC1C(=O)N2C(C(=S)OC(c3ccccc3)c3ccccc3)=C(C3CCOC3)C(C)S[C@H]12)c1csc(NC(c2ccccc2)(c2ccccc2)c2ccccc2)n1. The Kier molecular flexibility index (Phi) is 12.5. The number of amides is 2. The maximum Gasteiger partial charge on any atom is 0.276 e. The first-order valence-electron chi connectivity index (χ1n) is 20.8. The Bertz CT molecular complexity index is 2490. The fourth-order valence-corrected chi connectivity index (χ4v) is 11.3. The number of aromatic nitrogens is 1. The van der Waals surface area contributed by atoms with Gasteiger partial charge in [0.2, 0.25) is 5.05 Å². The third-order valence-electron chi connectivity index (χ3n) is 11.7. The lowest BCUT2D eigenvalue weighted by molar-refractivity contribution is -0.144. The number of hydrogen-bond donors (Lipinski definition) is 2. The summed E-state index contributed by atoms with van der Waals surface area (Å²) in [6.07, 6.45) is 0.303. The van der Waals surface area contributed by atoms with Gasteiger partial charge in [0.05, 0.1) is 12.3 Å². The summed E-state index contributed by atoms with van der Waals surface area (Å²) in [5.41, 5.74) is 5.91. The first kappa shape index (κ1) is 42.2. The summed E-state index contributed by atoms with van der Waals surface area (Å²) in [5.74, 6) is -0.819. The second-order valence-electron chi connectivity index (χ2n) is 15.4. The second kappa shape index (κ2) is 18.7. The van der Waals surface area contributed by atoms with Gasteiger partial charge < -0.3 is 24.9 Å². The summed E-state index contributed by atoms with van der Waals surface area (Å²) in [4.78, 5) is 40.6. The number of nitrogens with one attached hydrogen (secondary N) is 2. The summed E-state index contributed by atoms with van der Waals surface area (Å²) in [7, 11) is 1.38. The number of ether oxygens (including phenoxy) is 2. The molecule has 2 amide bonds. The Labute approximate surface area is 380 Å². The molecule has 13 heteroatoms. The van der Waals surface area contributed by atoms with Crippen molar-refractivity contribution in [3.63, 3.8) is 0 Å². The zero-order valence-electron chi connectivity index (χ0n) is 34.6. The molecule has 3 aliphatic rings. The van der Waals surface area contributed by atoms with Crippen molar-refractivity contribution in [1.29, 1.82) is 0 Å². The van der Waals surface area contributed by atoms with E-state index in [-0.39, 0.29) is 27.8 Å². The van der Waals surface area contributed by atoms with E-state index in [0.717, 1.165) is 39.8 Å². The predicted octanol–water partition coefficient (Wildman–Crippen LogP) is 9.11. The molecule has 0 aliphatic carbocycles. The zero-order valence-corrected chi connectivity index (χ0v) is 37.1. The molecule has 0 bridgehead atoms. The number of β-lactam (4-membered cyclic amide) rings is 1. The van der Waals surface area contributed by atoms with Gasteiger partial charge in [-0.3, -0.25) is 14.5 Å². The first-order valence-corrected chi connectivity index (χ1v) is 23.0. The Hall–Kier alpha value is -6.12. The molecule has 5 aromatic carbocycles. The van der Waals surface area contributed by atoms with Crippen molar-refractivity contribution < 1.29 is 23.9 Å². The van der Waals surface area contributed by atoms with Gasteiger partial charge in [-0.05, 0) is 59.0 Å². The molecular weight excluding hydrogens is 847 g/mol. The molecule has 1 aromatic heterocycles. The van der Waals surface area contributed by atoms with E-state index in [1.54, 1.807) is 22.0 Å². The molecule has 63 heavy (non-hydrogen) atoms. The number of thioether (sulfide) groups is 1. The van der Waals surface area contributed by atoms with Crippen molar-refractivity contribution >= 4 is 63.0 Å². The quantitative estimate of drug-likeness (QED) is 0.0364. The number of oxime groups is 1. The monoisotopic (exact) mass is 891 g/mol. The zero-order chi connectivity index (χ0) is 43.3. The number of nitrogens with zero attached hydrogens (tertiary/aromatic N) is 3. The highest BCUT2D eigenvalue weighted by Crippen LogP contribution is 2.49. The van der Waals surface area contributed by atoms with Crippen LogP contribution in [0.15, 0.2) is 173 Å². The summed E-state index contributed by atoms with van der Waals surface area (Å²) in [6.45, 7) is 3.28. The third kappa shape index (κ3) is 8.29. The van der Waals surface area contributed by atoms with E-state index in [9.17, 15) is 9.59 Å². The minimum Gasteiger partial charge on any atom is -0.469 e. The van der Waals surface area contributed by atoms with E-state index in [0.29, 0.717) is 29.7 Å². The van der Waals surface area contributed by atoms with Crippen molar-refractivity contribution in [3.8, 4) is 0 Å². The highest BCUT2D eigenvalue weighted by molar-refractivity contribution is 8.00. The van der Waals surface area contributed by atoms with Crippen LogP contribution < -0.4 is 10.6 Å². The molecular formula is C50H45N5O5S3. The molecule has 3 aliphatic heterocycles. The Morgan fingerprint density at radius 3 is 1.90 bits per heavy atom. The number of fused-ring (bicyclic) bond motifs is 1. The smallest absolute Gasteiger partial charge is 0.276 e. The normalized spacial score (nSPS) is 19.9. The third-order valence-corrected chi connectivity index (χ3v) is 14.1. The molecule has 318 valence electrons. The molecule has 2 N–H and O–H groups in total. The van der Waals surface area contributed by atoms with Gasteiger partial charge in [0.25, 0.3) is 11.8 Å². The van der Waals surface area contributed by atoms with Crippen LogP contribution in [0.2, 0.25) is 0 Å². The fourth-order valence-electron chi connectivity index (χ4n) is 8.74. The number of thiocarbonyl (C=S) groups is 1. The highest BCUT2D eigenvalue weighted by atomic mass is 32.2. The lowest BCUT2D eigenvalue weighted by atomic mass is 9.77. The topological polar surface area (TPSA) is 114 Å². The van der Waals surface area contributed by atoms with Crippen LogP contribution in [-0.2, 0) is 29.4 Å². The van der Waals surface area contributed by atoms with Gasteiger partial charge in [-0.25, -0.2) is 4.98 Å². The minimum absolute atomic E-state index is 0.0488. The van der Waals surface area contributed by atoms with E-state index >= 15 is 0 Å². The molecule has 4 heterocycles. The second-order valence-corrected chi connectivity index (χ2v) is 18.1. The molecule has 0 spiro atoms. The predicted molar refractivity (Wildman–Crippen MR) is 252 cm³/mol. The fraction of sp³-hybridized carbons (Fsp3) is 0.220. The molecule has 9 rings (SSSR count). The number of anilines is 1. The van der Waals surface area contributed by atoms with Crippen LogP contribution >= 0.6 is 35.3 Å². The molecule has 2 fully saturated rings. The van der Waals surface area contributed by atoms with Crippen LogP contribution in [0.3, 0.4) is 0 Å². The van der Waals surface area contributed by atoms with Crippen LogP contribution in [0.4, 0.5) is 5.13 Å². The standard InChI is InChI=1S/C50H45N5O5S3/c1-32-40(35-28-29-59-30-35)43(48(61)60-44(33-18-8-3-9-19-33)34-20-10-4-11-21-34)55-46(57)42(47(55)63-32)52-45(56)41(54-58-2)39-31-62-49(51-39)53-50(36-22-12-5-13-23-36,37-24-14-6-15-25-37)38-26-16-7-17-27-38/h3-27,31-32,35,42,44,47H,28-30H2,1-2H3,(H,51,53)(H,52,56)/b54-41-/t32?,35?,42?,47-/m1/s1.